The molecule has 4 rings (SSSR count). The van der Waals surface area contributed by atoms with Gasteiger partial charge in [-0.05, 0) is 73.5 Å². The molecule has 11 heteroatoms. The van der Waals surface area contributed by atoms with Crippen LogP contribution in [-0.2, 0) is 16.0 Å². The molecule has 0 bridgehead atoms. The SMILES string of the molecule is CCNC(=O)CNC(=O)C(C)NC[C@H](Cc1ccccc1)NC(=O)c1cc(C(=O)N[C@H](C)c2ccccc2)cc(-c2ccsc2C#N)c1. The Balaban J connectivity index is 1.57. The second-order valence-electron chi connectivity index (χ2n) is 11.3. The molecule has 1 heterocycles. The third-order valence-corrected chi connectivity index (χ3v) is 8.52. The first-order valence-corrected chi connectivity index (χ1v) is 16.7. The first-order valence-electron chi connectivity index (χ1n) is 15.8. The number of hydrogen-bond acceptors (Lipinski definition) is 7. The number of benzene rings is 3. The van der Waals surface area contributed by atoms with E-state index in [0.717, 1.165) is 11.1 Å². The molecule has 1 aromatic heterocycles. The number of nitrogens with one attached hydrogen (secondary N) is 5. The van der Waals surface area contributed by atoms with Crippen LogP contribution in [0.15, 0.2) is 90.3 Å². The van der Waals surface area contributed by atoms with Crippen LogP contribution in [-0.4, -0.2) is 55.3 Å². The fourth-order valence-electron chi connectivity index (χ4n) is 5.11. The quantitative estimate of drug-likeness (QED) is 0.128. The van der Waals surface area contributed by atoms with Gasteiger partial charge in [0.2, 0.25) is 11.8 Å². The number of carbonyl (C=O) groups is 4. The summed E-state index contributed by atoms with van der Waals surface area (Å²) in [6.45, 7) is 5.97. The number of rotatable bonds is 15. The van der Waals surface area contributed by atoms with Crippen molar-refractivity contribution in [1.82, 2.24) is 26.6 Å². The maximum absolute atomic E-state index is 13.9. The number of amides is 4. The van der Waals surface area contributed by atoms with Crippen molar-refractivity contribution in [3.63, 3.8) is 0 Å². The Hall–Kier alpha value is -5.31. The zero-order valence-electron chi connectivity index (χ0n) is 27.2. The second-order valence-corrected chi connectivity index (χ2v) is 12.3. The molecule has 3 atom stereocenters. The molecule has 10 nitrogen and oxygen atoms in total. The summed E-state index contributed by atoms with van der Waals surface area (Å²) in [4.78, 5) is 52.3. The molecular formula is C37H40N6O4S. The molecule has 248 valence electrons. The fourth-order valence-corrected chi connectivity index (χ4v) is 5.81. The van der Waals surface area contributed by atoms with E-state index in [1.54, 1.807) is 43.5 Å². The number of thiophene rings is 1. The van der Waals surface area contributed by atoms with Crippen LogP contribution in [0.1, 0.15) is 63.5 Å². The molecule has 0 aliphatic carbocycles. The van der Waals surface area contributed by atoms with Crippen LogP contribution < -0.4 is 26.6 Å². The Morgan fingerprint density at radius 1 is 0.833 bits per heavy atom. The number of nitriles is 1. The Morgan fingerprint density at radius 3 is 2.12 bits per heavy atom. The van der Waals surface area contributed by atoms with Crippen LogP contribution in [0.4, 0.5) is 0 Å². The van der Waals surface area contributed by atoms with E-state index in [1.165, 1.54) is 11.3 Å². The fraction of sp³-hybridized carbons (Fsp3) is 0.270. The summed E-state index contributed by atoms with van der Waals surface area (Å²) in [7, 11) is 0. The van der Waals surface area contributed by atoms with Crippen molar-refractivity contribution in [3.05, 3.63) is 117 Å². The topological polar surface area (TPSA) is 152 Å². The molecule has 0 aliphatic rings. The molecule has 0 saturated carbocycles. The van der Waals surface area contributed by atoms with E-state index in [-0.39, 0.29) is 48.0 Å². The molecular weight excluding hydrogens is 625 g/mol. The van der Waals surface area contributed by atoms with Crippen molar-refractivity contribution in [2.45, 2.75) is 45.3 Å². The standard InChI is InChI=1S/C37H40N6O4S/c1-4-39-34(44)23-41-35(45)25(3)40-22-31(17-26-11-7-5-8-12-26)43-37(47)30-19-28(32-15-16-48-33(32)21-38)18-29(20-30)36(46)42-24(2)27-13-9-6-10-14-27/h5-16,18-20,24-25,31,40H,4,17,22-23H2,1-3H3,(H,39,44)(H,41,45)(H,42,46)(H,43,47)/t24-,25?,31+/m1/s1. The molecule has 4 aromatic rings. The molecule has 0 aliphatic heterocycles. The summed E-state index contributed by atoms with van der Waals surface area (Å²) in [6, 6.07) is 26.8. The van der Waals surface area contributed by atoms with Crippen molar-refractivity contribution in [2.24, 2.45) is 0 Å². The van der Waals surface area contributed by atoms with Gasteiger partial charge in [0, 0.05) is 35.8 Å². The highest BCUT2D eigenvalue weighted by atomic mass is 32.1. The third-order valence-electron chi connectivity index (χ3n) is 7.70. The molecule has 5 N–H and O–H groups in total. The summed E-state index contributed by atoms with van der Waals surface area (Å²) in [6.07, 6.45) is 0.470. The van der Waals surface area contributed by atoms with Crippen molar-refractivity contribution in [3.8, 4) is 17.2 Å². The van der Waals surface area contributed by atoms with E-state index in [4.69, 9.17) is 0 Å². The Kier molecular flexibility index (Phi) is 13.0. The summed E-state index contributed by atoms with van der Waals surface area (Å²) in [5.74, 6) is -1.39. The lowest BCUT2D eigenvalue weighted by Crippen LogP contribution is -2.50. The summed E-state index contributed by atoms with van der Waals surface area (Å²) >= 11 is 1.29. The maximum Gasteiger partial charge on any atom is 0.251 e. The first kappa shape index (κ1) is 35.5. The predicted octanol–water partition coefficient (Wildman–Crippen LogP) is 4.35. The zero-order chi connectivity index (χ0) is 34.5. The van der Waals surface area contributed by atoms with Gasteiger partial charge in [-0.25, -0.2) is 0 Å². The van der Waals surface area contributed by atoms with Gasteiger partial charge >= 0.3 is 0 Å². The molecule has 3 aromatic carbocycles. The molecule has 1 unspecified atom stereocenters. The van der Waals surface area contributed by atoms with Gasteiger partial charge in [0.15, 0.2) is 0 Å². The van der Waals surface area contributed by atoms with Gasteiger partial charge in [0.05, 0.1) is 18.6 Å². The van der Waals surface area contributed by atoms with Gasteiger partial charge in [-0.2, -0.15) is 5.26 Å². The molecule has 0 saturated heterocycles. The van der Waals surface area contributed by atoms with E-state index in [0.29, 0.717) is 29.0 Å². The van der Waals surface area contributed by atoms with E-state index in [9.17, 15) is 24.4 Å². The van der Waals surface area contributed by atoms with Crippen molar-refractivity contribution in [1.29, 1.82) is 5.26 Å². The van der Waals surface area contributed by atoms with Crippen LogP contribution >= 0.6 is 11.3 Å². The molecule has 4 amide bonds. The number of carbonyl (C=O) groups excluding carboxylic acids is 4. The molecule has 0 radical (unpaired) electrons. The molecule has 48 heavy (non-hydrogen) atoms. The van der Waals surface area contributed by atoms with Gasteiger partial charge < -0.3 is 26.6 Å². The normalized spacial score (nSPS) is 12.5. The molecule has 0 spiro atoms. The highest BCUT2D eigenvalue weighted by molar-refractivity contribution is 7.11. The first-order chi connectivity index (χ1) is 23.2. The summed E-state index contributed by atoms with van der Waals surface area (Å²) in [5.41, 5.74) is 3.67. The lowest BCUT2D eigenvalue weighted by Gasteiger charge is -2.22. The van der Waals surface area contributed by atoms with Crippen LogP contribution in [0.3, 0.4) is 0 Å². The third kappa shape index (κ3) is 10.1. The largest absolute Gasteiger partial charge is 0.355 e. The maximum atomic E-state index is 13.9. The lowest BCUT2D eigenvalue weighted by atomic mass is 9.98. The zero-order valence-corrected chi connectivity index (χ0v) is 28.0. The van der Waals surface area contributed by atoms with Crippen molar-refractivity contribution < 1.29 is 19.2 Å². The number of nitrogens with zero attached hydrogens (tertiary/aromatic N) is 1. The Labute approximate surface area is 285 Å². The highest BCUT2D eigenvalue weighted by Gasteiger charge is 2.22. The monoisotopic (exact) mass is 664 g/mol. The van der Waals surface area contributed by atoms with Gasteiger partial charge in [0.1, 0.15) is 10.9 Å². The van der Waals surface area contributed by atoms with Crippen LogP contribution in [0.2, 0.25) is 0 Å². The smallest absolute Gasteiger partial charge is 0.251 e. The van der Waals surface area contributed by atoms with Crippen LogP contribution in [0, 0.1) is 11.3 Å². The Bertz CT molecular complexity index is 1750. The minimum atomic E-state index is -0.636. The lowest BCUT2D eigenvalue weighted by molar-refractivity contribution is -0.127. The van der Waals surface area contributed by atoms with Gasteiger partial charge in [-0.15, -0.1) is 11.3 Å². The number of likely N-dealkylation sites (N-methyl/N-ethyl adjacent to an activating group) is 1. The molecule has 0 fully saturated rings. The van der Waals surface area contributed by atoms with Gasteiger partial charge in [-0.1, -0.05) is 60.7 Å². The van der Waals surface area contributed by atoms with E-state index >= 15 is 0 Å². The van der Waals surface area contributed by atoms with Gasteiger partial charge in [-0.3, -0.25) is 19.2 Å². The summed E-state index contributed by atoms with van der Waals surface area (Å²) < 4.78 is 0. The van der Waals surface area contributed by atoms with E-state index < -0.39 is 18.0 Å². The van der Waals surface area contributed by atoms with Crippen molar-refractivity contribution >= 4 is 35.0 Å². The minimum Gasteiger partial charge on any atom is -0.355 e. The minimum absolute atomic E-state index is 0.128. The number of hydrogen-bond donors (Lipinski definition) is 5. The highest BCUT2D eigenvalue weighted by Crippen LogP contribution is 2.30. The van der Waals surface area contributed by atoms with Crippen LogP contribution in [0.5, 0.6) is 0 Å². The van der Waals surface area contributed by atoms with E-state index in [1.807, 2.05) is 67.6 Å². The predicted molar refractivity (Wildman–Crippen MR) is 187 cm³/mol. The second kappa shape index (κ2) is 17.6. The Morgan fingerprint density at radius 2 is 1.48 bits per heavy atom. The van der Waals surface area contributed by atoms with Gasteiger partial charge in [0.25, 0.3) is 11.8 Å². The van der Waals surface area contributed by atoms with Crippen LogP contribution in [0.25, 0.3) is 11.1 Å². The van der Waals surface area contributed by atoms with Crippen molar-refractivity contribution in [2.75, 3.05) is 19.6 Å². The average molecular weight is 665 g/mol. The van der Waals surface area contributed by atoms with E-state index in [2.05, 4.69) is 32.7 Å². The average Bonchev–Trinajstić information content (AvgIpc) is 3.59. The summed E-state index contributed by atoms with van der Waals surface area (Å²) in [5, 5.41) is 26.0.